The van der Waals surface area contributed by atoms with Crippen molar-refractivity contribution in [1.82, 2.24) is 19.5 Å². The van der Waals surface area contributed by atoms with Crippen molar-refractivity contribution >= 4 is 49.6 Å². The molecule has 4 rings (SSSR count). The molecule has 0 saturated carbocycles. The van der Waals surface area contributed by atoms with E-state index in [0.29, 0.717) is 13.0 Å². The second kappa shape index (κ2) is 12.0. The molecule has 45 heavy (non-hydrogen) atoms. The van der Waals surface area contributed by atoms with Crippen LogP contribution in [0.25, 0.3) is 11.2 Å². The largest absolute Gasteiger partial charge is 0.414 e. The molecule has 248 valence electrons. The molecule has 0 amide bonds. The van der Waals surface area contributed by atoms with Crippen LogP contribution in [0.2, 0.25) is 36.3 Å². The van der Waals surface area contributed by atoms with Gasteiger partial charge in [0.15, 0.2) is 32.7 Å². The Labute approximate surface area is 266 Å². The van der Waals surface area contributed by atoms with Gasteiger partial charge in [0.2, 0.25) is 5.95 Å². The number of para-hydroxylation sites is 1. The standard InChI is InChI=1S/C28H44N6O8SSi2/c1-27(2,3)44(7,8)39-16-20-19(42-45(9,10)28(4,5)6)15-22(40-20)33-17-30-23-24(33)31-26(29)32-25(23)41-43(37,38)21-14-12-11-13-18(21)34(35)36/h11-14,17,19-20,22H,15-16H2,1-10H3,(H2,29,31,32)/t19-,20+,22+/m0/s1. The molecule has 1 saturated heterocycles. The highest BCUT2D eigenvalue weighted by Crippen LogP contribution is 2.43. The minimum atomic E-state index is -4.69. The van der Waals surface area contributed by atoms with Gasteiger partial charge in [0, 0.05) is 12.5 Å². The lowest BCUT2D eigenvalue weighted by Crippen LogP contribution is -2.48. The zero-order chi connectivity index (χ0) is 33.8. The second-order valence-corrected chi connectivity index (χ2v) is 25.4. The number of nitrogen functional groups attached to an aromatic ring is 1. The lowest BCUT2D eigenvalue weighted by atomic mass is 10.2. The fourth-order valence-electron chi connectivity index (χ4n) is 4.35. The zero-order valence-corrected chi connectivity index (χ0v) is 30.3. The molecule has 0 aliphatic carbocycles. The third kappa shape index (κ3) is 7.22. The Hall–Kier alpha value is -2.97. The smallest absolute Gasteiger partial charge is 0.347 e. The van der Waals surface area contributed by atoms with Gasteiger partial charge < -0.3 is 23.5 Å². The molecule has 0 spiro atoms. The lowest BCUT2D eigenvalue weighted by molar-refractivity contribution is -0.387. The topological polar surface area (TPSA) is 184 Å². The fourth-order valence-corrected chi connectivity index (χ4v) is 7.78. The molecule has 0 radical (unpaired) electrons. The van der Waals surface area contributed by atoms with Crippen molar-refractivity contribution in [3.8, 4) is 5.88 Å². The van der Waals surface area contributed by atoms with Gasteiger partial charge >= 0.3 is 10.1 Å². The van der Waals surface area contributed by atoms with E-state index in [0.717, 1.165) is 12.1 Å². The van der Waals surface area contributed by atoms with Gasteiger partial charge in [-0.3, -0.25) is 14.7 Å². The molecule has 1 aliphatic heterocycles. The molecule has 2 aromatic heterocycles. The molecular formula is C28H44N6O8SSi2. The minimum absolute atomic E-state index is 0.00204. The second-order valence-electron chi connectivity index (χ2n) is 14.3. The van der Waals surface area contributed by atoms with Crippen molar-refractivity contribution in [2.75, 3.05) is 12.3 Å². The molecule has 1 fully saturated rings. The molecule has 3 heterocycles. The maximum Gasteiger partial charge on any atom is 0.347 e. The summed E-state index contributed by atoms with van der Waals surface area (Å²) in [6.45, 7) is 22.2. The normalized spacial score (nSPS) is 20.1. The summed E-state index contributed by atoms with van der Waals surface area (Å²) in [6.07, 6.45) is 0.648. The van der Waals surface area contributed by atoms with Crippen molar-refractivity contribution in [2.45, 2.75) is 108 Å². The summed E-state index contributed by atoms with van der Waals surface area (Å²) in [5, 5.41) is 11.4. The number of nitro benzene ring substituents is 1. The van der Waals surface area contributed by atoms with Crippen molar-refractivity contribution in [3.63, 3.8) is 0 Å². The number of benzene rings is 1. The number of nitrogens with two attached hydrogens (primary N) is 1. The third-order valence-electron chi connectivity index (χ3n) is 9.08. The first kappa shape index (κ1) is 34.9. The number of ether oxygens (including phenoxy) is 1. The van der Waals surface area contributed by atoms with Gasteiger partial charge in [-0.15, -0.1) is 0 Å². The average molecular weight is 681 g/mol. The Kier molecular flexibility index (Phi) is 9.31. The lowest BCUT2D eigenvalue weighted by Gasteiger charge is -2.40. The summed E-state index contributed by atoms with van der Waals surface area (Å²) < 4.78 is 53.2. The predicted molar refractivity (Wildman–Crippen MR) is 174 cm³/mol. The Bertz CT molecular complexity index is 1680. The summed E-state index contributed by atoms with van der Waals surface area (Å²) in [4.78, 5) is 22.7. The highest BCUT2D eigenvalue weighted by atomic mass is 32.2. The van der Waals surface area contributed by atoms with Crippen LogP contribution in [-0.4, -0.2) is 68.3 Å². The van der Waals surface area contributed by atoms with Gasteiger partial charge in [0.25, 0.3) is 11.6 Å². The molecule has 1 aliphatic rings. The van der Waals surface area contributed by atoms with Crippen LogP contribution < -0.4 is 9.92 Å². The highest BCUT2D eigenvalue weighted by Gasteiger charge is 2.47. The summed E-state index contributed by atoms with van der Waals surface area (Å²) in [5.74, 6) is -0.735. The van der Waals surface area contributed by atoms with Crippen molar-refractivity contribution in [3.05, 3.63) is 40.7 Å². The molecule has 3 aromatic rings. The van der Waals surface area contributed by atoms with E-state index in [1.54, 1.807) is 4.57 Å². The molecule has 14 nitrogen and oxygen atoms in total. The van der Waals surface area contributed by atoms with Crippen LogP contribution in [0.3, 0.4) is 0 Å². The van der Waals surface area contributed by atoms with Crippen LogP contribution in [0.1, 0.15) is 54.2 Å². The van der Waals surface area contributed by atoms with Crippen molar-refractivity contribution < 1.29 is 31.1 Å². The quantitative estimate of drug-likeness (QED) is 0.118. The summed E-state index contributed by atoms with van der Waals surface area (Å²) in [5.41, 5.74) is 5.52. The Balaban J connectivity index is 1.69. The summed E-state index contributed by atoms with van der Waals surface area (Å²) in [7, 11) is -9.00. The molecule has 17 heteroatoms. The number of hydrogen-bond donors (Lipinski definition) is 1. The van der Waals surface area contributed by atoms with E-state index in [2.05, 4.69) is 82.7 Å². The van der Waals surface area contributed by atoms with E-state index < -0.39 is 54.4 Å². The van der Waals surface area contributed by atoms with Crippen LogP contribution in [0, 0.1) is 10.1 Å². The fraction of sp³-hybridized carbons (Fsp3) is 0.607. The van der Waals surface area contributed by atoms with Crippen LogP contribution in [0.5, 0.6) is 5.88 Å². The number of rotatable bonds is 10. The maximum absolute atomic E-state index is 13.2. The van der Waals surface area contributed by atoms with Crippen LogP contribution in [-0.2, 0) is 23.7 Å². The number of nitro groups is 1. The first-order valence-corrected chi connectivity index (χ1v) is 21.9. The number of nitrogens with zero attached hydrogens (tertiary/aromatic N) is 5. The Morgan fingerprint density at radius 3 is 2.29 bits per heavy atom. The van der Waals surface area contributed by atoms with Gasteiger partial charge in [-0.05, 0) is 42.3 Å². The highest BCUT2D eigenvalue weighted by molar-refractivity contribution is 7.87. The predicted octanol–water partition coefficient (Wildman–Crippen LogP) is 5.78. The first-order valence-electron chi connectivity index (χ1n) is 14.7. The zero-order valence-electron chi connectivity index (χ0n) is 27.5. The Morgan fingerprint density at radius 1 is 1.07 bits per heavy atom. The molecular weight excluding hydrogens is 637 g/mol. The monoisotopic (exact) mass is 680 g/mol. The van der Waals surface area contributed by atoms with Gasteiger partial charge in [0.1, 0.15) is 12.3 Å². The number of fused-ring (bicyclic) bond motifs is 1. The molecule has 2 N–H and O–H groups in total. The van der Waals surface area contributed by atoms with Gasteiger partial charge in [-0.25, -0.2) is 4.98 Å². The maximum atomic E-state index is 13.2. The van der Waals surface area contributed by atoms with E-state index in [-0.39, 0.29) is 39.4 Å². The van der Waals surface area contributed by atoms with E-state index in [1.165, 1.54) is 18.5 Å². The van der Waals surface area contributed by atoms with E-state index in [4.69, 9.17) is 23.5 Å². The number of anilines is 1. The van der Waals surface area contributed by atoms with E-state index in [9.17, 15) is 18.5 Å². The SMILES string of the molecule is CC(C)(C)[Si](C)(C)OC[C@H]1O[C@@H](n2cnc3c(OS(=O)(=O)c4ccccc4[N+](=O)[O-])nc(N)nc32)C[C@@H]1O[Si](C)(C)C(C)(C)C. The van der Waals surface area contributed by atoms with Gasteiger partial charge in [0.05, 0.1) is 24.0 Å². The van der Waals surface area contributed by atoms with Gasteiger partial charge in [-0.2, -0.15) is 18.4 Å². The first-order chi connectivity index (χ1) is 20.5. The number of hydrogen-bond acceptors (Lipinski definition) is 12. The Morgan fingerprint density at radius 2 is 1.69 bits per heavy atom. The molecule has 0 unspecified atom stereocenters. The minimum Gasteiger partial charge on any atom is -0.414 e. The van der Waals surface area contributed by atoms with Crippen LogP contribution in [0.15, 0.2) is 35.5 Å². The van der Waals surface area contributed by atoms with Gasteiger partial charge in [-0.1, -0.05) is 53.7 Å². The van der Waals surface area contributed by atoms with Crippen molar-refractivity contribution in [2.24, 2.45) is 0 Å². The molecule has 0 bridgehead atoms. The summed E-state index contributed by atoms with van der Waals surface area (Å²) >= 11 is 0. The van der Waals surface area contributed by atoms with E-state index >= 15 is 0 Å². The molecule has 1 aromatic carbocycles. The summed E-state index contributed by atoms with van der Waals surface area (Å²) in [6, 6.07) is 4.86. The number of imidazole rings is 1. The average Bonchev–Trinajstić information content (AvgIpc) is 3.49. The van der Waals surface area contributed by atoms with Crippen LogP contribution >= 0.6 is 0 Å². The number of aromatic nitrogens is 4. The molecule has 3 atom stereocenters. The third-order valence-corrected chi connectivity index (χ3v) is 19.4. The van der Waals surface area contributed by atoms with Crippen LogP contribution in [0.4, 0.5) is 11.6 Å². The van der Waals surface area contributed by atoms with E-state index in [1.807, 2.05) is 0 Å². The van der Waals surface area contributed by atoms with Crippen molar-refractivity contribution in [1.29, 1.82) is 0 Å².